The molecule has 24 heavy (non-hydrogen) atoms. The molecule has 1 N–H and O–H groups in total. The van der Waals surface area contributed by atoms with Crippen molar-refractivity contribution in [1.29, 1.82) is 0 Å². The summed E-state index contributed by atoms with van der Waals surface area (Å²) in [6, 6.07) is 6.19. The van der Waals surface area contributed by atoms with Crippen molar-refractivity contribution >= 4 is 17.5 Å². The van der Waals surface area contributed by atoms with Crippen LogP contribution in [0.4, 0.5) is 11.6 Å². The summed E-state index contributed by atoms with van der Waals surface area (Å²) in [5.74, 6) is 0.451. The number of aryl methyl sites for hydroxylation is 2. The van der Waals surface area contributed by atoms with Gasteiger partial charge in [0, 0.05) is 31.2 Å². The zero-order valence-electron chi connectivity index (χ0n) is 14.1. The number of anilines is 2. The summed E-state index contributed by atoms with van der Waals surface area (Å²) >= 11 is 0. The maximum atomic E-state index is 12.4. The van der Waals surface area contributed by atoms with E-state index in [0.717, 1.165) is 17.7 Å². The monoisotopic (exact) mass is 326 g/mol. The first-order valence-electron chi connectivity index (χ1n) is 8.23. The van der Waals surface area contributed by atoms with E-state index in [-0.39, 0.29) is 5.91 Å². The first kappa shape index (κ1) is 16.4. The quantitative estimate of drug-likeness (QED) is 0.935. The van der Waals surface area contributed by atoms with Crippen molar-refractivity contribution in [2.24, 2.45) is 0 Å². The second kappa shape index (κ2) is 7.40. The number of benzene rings is 1. The molecule has 0 atom stereocenters. The highest BCUT2D eigenvalue weighted by atomic mass is 16.5. The first-order valence-corrected chi connectivity index (χ1v) is 8.23. The Morgan fingerprint density at radius 3 is 2.62 bits per heavy atom. The van der Waals surface area contributed by atoms with Gasteiger partial charge >= 0.3 is 0 Å². The Kier molecular flexibility index (Phi) is 5.05. The Hall–Kier alpha value is -2.47. The van der Waals surface area contributed by atoms with Gasteiger partial charge in [-0.15, -0.1) is 0 Å². The third-order valence-electron chi connectivity index (χ3n) is 4.17. The maximum absolute atomic E-state index is 12.4. The van der Waals surface area contributed by atoms with E-state index in [1.54, 1.807) is 17.3 Å². The number of nitrogens with one attached hydrogen (secondary N) is 1. The number of carbonyl (C=O) groups is 1. The normalized spacial score (nSPS) is 14.5. The van der Waals surface area contributed by atoms with Gasteiger partial charge in [0.25, 0.3) is 5.91 Å². The molecule has 1 aliphatic heterocycles. The van der Waals surface area contributed by atoms with Gasteiger partial charge in [-0.05, 0) is 24.5 Å². The first-order chi connectivity index (χ1) is 11.7. The average Bonchev–Trinajstić information content (AvgIpc) is 2.64. The maximum Gasteiger partial charge on any atom is 0.257 e. The molecule has 0 aliphatic carbocycles. The van der Waals surface area contributed by atoms with E-state index < -0.39 is 0 Å². The minimum absolute atomic E-state index is 0.0463. The zero-order valence-corrected chi connectivity index (χ0v) is 14.1. The third-order valence-corrected chi connectivity index (χ3v) is 4.17. The number of nitrogens with zero attached hydrogens (tertiary/aromatic N) is 3. The van der Waals surface area contributed by atoms with Gasteiger partial charge in [-0.2, -0.15) is 0 Å². The number of amides is 1. The molecule has 3 rings (SSSR count). The smallest absolute Gasteiger partial charge is 0.257 e. The molecule has 1 aromatic carbocycles. The largest absolute Gasteiger partial charge is 0.378 e. The number of rotatable bonds is 4. The molecule has 1 aliphatic rings. The number of hydrogen-bond donors (Lipinski definition) is 1. The second-order valence-corrected chi connectivity index (χ2v) is 5.79. The lowest BCUT2D eigenvalue weighted by Gasteiger charge is -2.26. The number of carbonyl (C=O) groups excluding carboxylic acids is 1. The molecule has 1 fully saturated rings. The Balaban J connectivity index is 1.74. The van der Waals surface area contributed by atoms with Crippen LogP contribution in [0.15, 0.2) is 30.6 Å². The average molecular weight is 326 g/mol. The van der Waals surface area contributed by atoms with Crippen LogP contribution in [0.2, 0.25) is 0 Å². The molecular formula is C18H22N4O2. The van der Waals surface area contributed by atoms with Crippen LogP contribution in [-0.2, 0) is 11.2 Å². The molecule has 1 saturated heterocycles. The summed E-state index contributed by atoms with van der Waals surface area (Å²) in [6.45, 7) is 6.56. The summed E-state index contributed by atoms with van der Waals surface area (Å²) in [7, 11) is 0. The van der Waals surface area contributed by atoms with Crippen LogP contribution in [0.1, 0.15) is 28.4 Å². The van der Waals surface area contributed by atoms with Crippen molar-refractivity contribution in [3.8, 4) is 0 Å². The fraction of sp³-hybridized carbons (Fsp3) is 0.389. The minimum Gasteiger partial charge on any atom is -0.378 e. The van der Waals surface area contributed by atoms with Crippen LogP contribution in [0.5, 0.6) is 0 Å². The topological polar surface area (TPSA) is 67.4 Å². The second-order valence-electron chi connectivity index (χ2n) is 5.79. The summed E-state index contributed by atoms with van der Waals surface area (Å²) in [5.41, 5.74) is 3.90. The Bertz CT molecular complexity index is 709. The minimum atomic E-state index is -0.0463. The Morgan fingerprint density at radius 1 is 1.25 bits per heavy atom. The molecule has 6 heteroatoms. The Morgan fingerprint density at radius 2 is 1.96 bits per heavy atom. The fourth-order valence-electron chi connectivity index (χ4n) is 2.77. The van der Waals surface area contributed by atoms with Crippen LogP contribution < -0.4 is 5.32 Å². The number of hydrogen-bond acceptors (Lipinski definition) is 5. The molecule has 1 amide bonds. The Labute approximate surface area is 141 Å². The molecule has 0 bridgehead atoms. The lowest BCUT2D eigenvalue weighted by molar-refractivity contribution is 0.0302. The summed E-state index contributed by atoms with van der Waals surface area (Å²) in [4.78, 5) is 22.8. The van der Waals surface area contributed by atoms with Crippen molar-refractivity contribution in [2.45, 2.75) is 20.3 Å². The lowest BCUT2D eigenvalue weighted by atomic mass is 10.1. The number of ether oxygens (including phenoxy) is 1. The molecular weight excluding hydrogens is 304 g/mol. The zero-order chi connectivity index (χ0) is 16.9. The van der Waals surface area contributed by atoms with Crippen LogP contribution >= 0.6 is 0 Å². The van der Waals surface area contributed by atoms with Gasteiger partial charge in [-0.3, -0.25) is 4.79 Å². The number of morpholine rings is 1. The molecule has 0 spiro atoms. The summed E-state index contributed by atoms with van der Waals surface area (Å²) in [5, 5.41) is 3.27. The van der Waals surface area contributed by atoms with Crippen molar-refractivity contribution in [3.63, 3.8) is 0 Å². The molecule has 2 aromatic rings. The van der Waals surface area contributed by atoms with E-state index in [2.05, 4.69) is 41.3 Å². The van der Waals surface area contributed by atoms with Crippen molar-refractivity contribution < 1.29 is 9.53 Å². The van der Waals surface area contributed by atoms with E-state index in [0.29, 0.717) is 37.8 Å². The molecule has 0 radical (unpaired) electrons. The van der Waals surface area contributed by atoms with Gasteiger partial charge in [0.2, 0.25) is 5.95 Å². The molecule has 0 unspecified atom stereocenters. The van der Waals surface area contributed by atoms with Gasteiger partial charge in [0.05, 0.1) is 18.8 Å². The van der Waals surface area contributed by atoms with Gasteiger partial charge in [-0.1, -0.05) is 25.1 Å². The highest BCUT2D eigenvalue weighted by Gasteiger charge is 2.19. The van der Waals surface area contributed by atoms with E-state index in [1.165, 1.54) is 5.56 Å². The molecule has 2 heterocycles. The lowest BCUT2D eigenvalue weighted by Crippen LogP contribution is -2.40. The molecule has 0 saturated carbocycles. The van der Waals surface area contributed by atoms with Crippen molar-refractivity contribution in [1.82, 2.24) is 14.9 Å². The SMILES string of the molecule is CCc1cccc(C)c1Nc1ncc(C(=O)N2CCOCC2)cn1. The van der Waals surface area contributed by atoms with Crippen molar-refractivity contribution in [2.75, 3.05) is 31.6 Å². The number of aromatic nitrogens is 2. The van der Waals surface area contributed by atoms with Gasteiger partial charge in [0.15, 0.2) is 0 Å². The van der Waals surface area contributed by atoms with E-state index >= 15 is 0 Å². The van der Waals surface area contributed by atoms with Gasteiger partial charge in [-0.25, -0.2) is 9.97 Å². The number of para-hydroxylation sites is 1. The van der Waals surface area contributed by atoms with Crippen LogP contribution in [0.25, 0.3) is 0 Å². The highest BCUT2D eigenvalue weighted by molar-refractivity contribution is 5.93. The molecule has 1 aromatic heterocycles. The van der Waals surface area contributed by atoms with Crippen molar-refractivity contribution in [3.05, 3.63) is 47.3 Å². The van der Waals surface area contributed by atoms with Crippen LogP contribution in [0, 0.1) is 6.92 Å². The molecule has 126 valence electrons. The van der Waals surface area contributed by atoms with Gasteiger partial charge < -0.3 is 15.0 Å². The van der Waals surface area contributed by atoms with Crippen LogP contribution in [-0.4, -0.2) is 47.1 Å². The van der Waals surface area contributed by atoms with E-state index in [4.69, 9.17) is 4.74 Å². The third kappa shape index (κ3) is 3.54. The predicted octanol–water partition coefficient (Wildman–Crippen LogP) is 2.56. The summed E-state index contributed by atoms with van der Waals surface area (Å²) in [6.07, 6.45) is 4.09. The van der Waals surface area contributed by atoms with Gasteiger partial charge in [0.1, 0.15) is 0 Å². The molecule has 6 nitrogen and oxygen atoms in total. The van der Waals surface area contributed by atoms with E-state index in [9.17, 15) is 4.79 Å². The standard InChI is InChI=1S/C18H22N4O2/c1-3-14-6-4-5-13(2)16(14)21-18-19-11-15(12-20-18)17(23)22-7-9-24-10-8-22/h4-6,11-12H,3,7-10H2,1-2H3,(H,19,20,21). The fourth-order valence-corrected chi connectivity index (χ4v) is 2.77. The predicted molar refractivity (Wildman–Crippen MR) is 92.6 cm³/mol. The van der Waals surface area contributed by atoms with E-state index in [1.807, 2.05) is 6.07 Å². The highest BCUT2D eigenvalue weighted by Crippen LogP contribution is 2.23. The van der Waals surface area contributed by atoms with Crippen LogP contribution in [0.3, 0.4) is 0 Å². The summed E-state index contributed by atoms with van der Waals surface area (Å²) < 4.78 is 5.27.